The van der Waals surface area contributed by atoms with E-state index in [0.29, 0.717) is 17.5 Å². The lowest BCUT2D eigenvalue weighted by atomic mass is 10.2. The summed E-state index contributed by atoms with van der Waals surface area (Å²) < 4.78 is 20.0. The van der Waals surface area contributed by atoms with Crippen molar-refractivity contribution < 1.29 is 9.13 Å². The van der Waals surface area contributed by atoms with Crippen LogP contribution in [0.1, 0.15) is 17.4 Å². The van der Waals surface area contributed by atoms with E-state index in [-0.39, 0.29) is 11.6 Å². The van der Waals surface area contributed by atoms with Crippen molar-refractivity contribution in [1.82, 2.24) is 5.32 Å². The fourth-order valence-corrected chi connectivity index (χ4v) is 2.62. The molecule has 0 saturated heterocycles. The van der Waals surface area contributed by atoms with E-state index < -0.39 is 0 Å². The first-order valence-corrected chi connectivity index (χ1v) is 7.24. The van der Waals surface area contributed by atoms with Crippen LogP contribution in [0.5, 0.6) is 5.75 Å². The van der Waals surface area contributed by atoms with Crippen LogP contribution in [0.3, 0.4) is 0 Å². The van der Waals surface area contributed by atoms with Crippen LogP contribution in [0, 0.1) is 5.82 Å². The highest BCUT2D eigenvalue weighted by Gasteiger charge is 2.06. The van der Waals surface area contributed by atoms with Crippen LogP contribution in [0.2, 0.25) is 4.34 Å². The van der Waals surface area contributed by atoms with E-state index in [0.717, 1.165) is 17.0 Å². The molecule has 0 aliphatic rings. The molecule has 102 valence electrons. The number of benzene rings is 1. The normalized spacial score (nSPS) is 10.7. The topological polar surface area (TPSA) is 21.3 Å². The molecule has 5 heteroatoms. The van der Waals surface area contributed by atoms with Crippen LogP contribution in [0.25, 0.3) is 0 Å². The van der Waals surface area contributed by atoms with E-state index in [1.807, 2.05) is 19.1 Å². The maximum absolute atomic E-state index is 13.8. The van der Waals surface area contributed by atoms with Gasteiger partial charge < -0.3 is 10.1 Å². The van der Waals surface area contributed by atoms with Crippen molar-refractivity contribution in [2.75, 3.05) is 6.54 Å². The lowest BCUT2D eigenvalue weighted by Crippen LogP contribution is -2.11. The van der Waals surface area contributed by atoms with Gasteiger partial charge in [-0.1, -0.05) is 24.6 Å². The van der Waals surface area contributed by atoms with Gasteiger partial charge in [-0.15, -0.1) is 11.3 Å². The monoisotopic (exact) mass is 299 g/mol. The Balaban J connectivity index is 1.96. The van der Waals surface area contributed by atoms with Gasteiger partial charge in [-0.05, 0) is 36.4 Å². The Kier molecular flexibility index (Phi) is 5.19. The molecule has 0 radical (unpaired) electrons. The number of thiophene rings is 1. The molecule has 0 bridgehead atoms. The van der Waals surface area contributed by atoms with Gasteiger partial charge in [-0.3, -0.25) is 0 Å². The zero-order valence-electron chi connectivity index (χ0n) is 10.6. The third kappa shape index (κ3) is 4.20. The van der Waals surface area contributed by atoms with Crippen molar-refractivity contribution in [2.45, 2.75) is 20.1 Å². The van der Waals surface area contributed by atoms with Crippen LogP contribution in [0.15, 0.2) is 30.3 Å². The zero-order valence-corrected chi connectivity index (χ0v) is 12.2. The summed E-state index contributed by atoms with van der Waals surface area (Å²) in [6.07, 6.45) is 0. The molecule has 0 amide bonds. The fraction of sp³-hybridized carbons (Fsp3) is 0.286. The standard InChI is InChI=1S/C14H15ClFNOS/c1-2-17-8-10-3-5-13(12(16)7-10)18-9-11-4-6-14(15)19-11/h3-7,17H,2,8-9H2,1H3. The minimum Gasteiger partial charge on any atom is -0.485 e. The Hall–Kier alpha value is -1.10. The van der Waals surface area contributed by atoms with Gasteiger partial charge in [0, 0.05) is 11.4 Å². The maximum atomic E-state index is 13.8. The number of hydrogen-bond donors (Lipinski definition) is 1. The van der Waals surface area contributed by atoms with Gasteiger partial charge in [-0.25, -0.2) is 4.39 Å². The number of rotatable bonds is 6. The molecule has 0 saturated carbocycles. The fourth-order valence-electron chi connectivity index (χ4n) is 1.62. The second kappa shape index (κ2) is 6.89. The number of hydrogen-bond acceptors (Lipinski definition) is 3. The summed E-state index contributed by atoms with van der Waals surface area (Å²) in [5.41, 5.74) is 0.908. The van der Waals surface area contributed by atoms with Gasteiger partial charge in [-0.2, -0.15) is 0 Å². The van der Waals surface area contributed by atoms with E-state index in [1.165, 1.54) is 17.4 Å². The van der Waals surface area contributed by atoms with Gasteiger partial charge in [0.2, 0.25) is 0 Å². The first-order chi connectivity index (χ1) is 9.19. The predicted octanol–water partition coefficient (Wildman–Crippen LogP) is 4.23. The molecule has 2 nitrogen and oxygen atoms in total. The molecule has 2 rings (SSSR count). The quantitative estimate of drug-likeness (QED) is 0.862. The number of halogens is 2. The largest absolute Gasteiger partial charge is 0.485 e. The predicted molar refractivity (Wildman–Crippen MR) is 77.4 cm³/mol. The van der Waals surface area contributed by atoms with Gasteiger partial charge in [0.1, 0.15) is 6.61 Å². The molecule has 0 aliphatic heterocycles. The molecule has 0 atom stereocenters. The Labute approximate surface area is 121 Å². The van der Waals surface area contributed by atoms with E-state index in [2.05, 4.69) is 5.32 Å². The SMILES string of the molecule is CCNCc1ccc(OCc2ccc(Cl)s2)c(F)c1. The second-order valence-electron chi connectivity index (χ2n) is 4.04. The van der Waals surface area contributed by atoms with Gasteiger partial charge >= 0.3 is 0 Å². The molecular weight excluding hydrogens is 285 g/mol. The van der Waals surface area contributed by atoms with Crippen LogP contribution in [0.4, 0.5) is 4.39 Å². The van der Waals surface area contributed by atoms with Crippen molar-refractivity contribution in [2.24, 2.45) is 0 Å². The summed E-state index contributed by atoms with van der Waals surface area (Å²) in [7, 11) is 0. The molecule has 1 N–H and O–H groups in total. The highest BCUT2D eigenvalue weighted by molar-refractivity contribution is 7.16. The molecule has 0 spiro atoms. The minimum absolute atomic E-state index is 0.268. The lowest BCUT2D eigenvalue weighted by Gasteiger charge is -2.08. The van der Waals surface area contributed by atoms with Crippen molar-refractivity contribution in [1.29, 1.82) is 0 Å². The minimum atomic E-state index is -0.335. The average molecular weight is 300 g/mol. The average Bonchev–Trinajstić information content (AvgIpc) is 2.81. The molecule has 1 aromatic heterocycles. The van der Waals surface area contributed by atoms with Crippen molar-refractivity contribution in [3.05, 3.63) is 50.9 Å². The summed E-state index contributed by atoms with van der Waals surface area (Å²) in [6, 6.07) is 8.71. The van der Waals surface area contributed by atoms with Crippen molar-refractivity contribution >= 4 is 22.9 Å². The summed E-state index contributed by atoms with van der Waals surface area (Å²) in [5.74, 6) is -0.0668. The molecular formula is C14H15ClFNOS. The molecule has 0 fully saturated rings. The molecule has 0 aliphatic carbocycles. The first kappa shape index (κ1) is 14.3. The molecule has 0 unspecified atom stereocenters. The van der Waals surface area contributed by atoms with E-state index >= 15 is 0 Å². The Bertz CT molecular complexity index is 544. The summed E-state index contributed by atoms with van der Waals surface area (Å²) >= 11 is 7.26. The van der Waals surface area contributed by atoms with E-state index in [4.69, 9.17) is 16.3 Å². The Morgan fingerprint density at radius 1 is 1.32 bits per heavy atom. The lowest BCUT2D eigenvalue weighted by molar-refractivity contribution is 0.293. The van der Waals surface area contributed by atoms with Crippen LogP contribution in [-0.2, 0) is 13.2 Å². The third-order valence-corrected chi connectivity index (χ3v) is 3.78. The highest BCUT2D eigenvalue weighted by Crippen LogP contribution is 2.24. The smallest absolute Gasteiger partial charge is 0.165 e. The maximum Gasteiger partial charge on any atom is 0.165 e. The van der Waals surface area contributed by atoms with Gasteiger partial charge in [0.05, 0.1) is 4.34 Å². The third-order valence-electron chi connectivity index (χ3n) is 2.57. The summed E-state index contributed by atoms with van der Waals surface area (Å²) in [4.78, 5) is 0.973. The van der Waals surface area contributed by atoms with Crippen LogP contribution >= 0.6 is 22.9 Å². The Morgan fingerprint density at radius 3 is 2.79 bits per heavy atom. The number of ether oxygens (including phenoxy) is 1. The summed E-state index contributed by atoms with van der Waals surface area (Å²) in [5, 5.41) is 3.15. The van der Waals surface area contributed by atoms with E-state index in [9.17, 15) is 4.39 Å². The molecule has 1 aromatic carbocycles. The second-order valence-corrected chi connectivity index (χ2v) is 5.84. The molecule has 19 heavy (non-hydrogen) atoms. The molecule has 1 heterocycles. The highest BCUT2D eigenvalue weighted by atomic mass is 35.5. The van der Waals surface area contributed by atoms with Crippen LogP contribution < -0.4 is 10.1 Å². The first-order valence-electron chi connectivity index (χ1n) is 6.05. The van der Waals surface area contributed by atoms with Gasteiger partial charge in [0.25, 0.3) is 0 Å². The molecule has 2 aromatic rings. The van der Waals surface area contributed by atoms with Crippen molar-refractivity contribution in [3.8, 4) is 5.75 Å². The van der Waals surface area contributed by atoms with Crippen LogP contribution in [-0.4, -0.2) is 6.54 Å². The van der Waals surface area contributed by atoms with E-state index in [1.54, 1.807) is 12.1 Å². The Morgan fingerprint density at radius 2 is 2.16 bits per heavy atom. The van der Waals surface area contributed by atoms with Gasteiger partial charge in [0.15, 0.2) is 11.6 Å². The zero-order chi connectivity index (χ0) is 13.7. The summed E-state index contributed by atoms with van der Waals surface area (Å²) in [6.45, 7) is 3.87. The van der Waals surface area contributed by atoms with Crippen molar-refractivity contribution in [3.63, 3.8) is 0 Å². The number of nitrogens with one attached hydrogen (secondary N) is 1.